The molecule has 6 nitrogen and oxygen atoms in total. The lowest BCUT2D eigenvalue weighted by Crippen LogP contribution is -2.31. The van der Waals surface area contributed by atoms with Gasteiger partial charge in [0.1, 0.15) is 23.4 Å². The molecule has 0 fully saturated rings. The van der Waals surface area contributed by atoms with Crippen LogP contribution in [0.1, 0.15) is 37.2 Å². The highest BCUT2D eigenvalue weighted by atomic mass is 19.1. The van der Waals surface area contributed by atoms with Crippen molar-refractivity contribution < 1.29 is 13.9 Å². The van der Waals surface area contributed by atoms with Crippen LogP contribution in [0, 0.1) is 5.82 Å². The van der Waals surface area contributed by atoms with Gasteiger partial charge in [0.2, 0.25) is 0 Å². The highest BCUT2D eigenvalue weighted by Crippen LogP contribution is 2.24. The minimum absolute atomic E-state index is 0.243. The number of ether oxygens (including phenoxy) is 1. The lowest BCUT2D eigenvalue weighted by Gasteiger charge is -2.14. The fourth-order valence-electron chi connectivity index (χ4n) is 3.15. The molecular weight excluding hydrogens is 337 g/mol. The number of carbonyl (C=O) groups is 1. The molecule has 138 valence electrons. The second-order valence-electron chi connectivity index (χ2n) is 6.23. The van der Waals surface area contributed by atoms with Gasteiger partial charge >= 0.3 is 5.97 Å². The summed E-state index contributed by atoms with van der Waals surface area (Å²) in [5.41, 5.74) is 1.18. The third-order valence-corrected chi connectivity index (χ3v) is 4.45. The number of rotatable bonds is 7. The van der Waals surface area contributed by atoms with Gasteiger partial charge in [0.25, 0.3) is 5.56 Å². The Kier molecular flexibility index (Phi) is 5.65. The van der Waals surface area contributed by atoms with Gasteiger partial charge in [-0.05, 0) is 43.9 Å². The van der Waals surface area contributed by atoms with Crippen LogP contribution >= 0.6 is 0 Å². The van der Waals surface area contributed by atoms with E-state index in [1.807, 2.05) is 0 Å². The molecule has 7 heteroatoms. The van der Waals surface area contributed by atoms with Crippen molar-refractivity contribution in [1.29, 1.82) is 0 Å². The molecule has 26 heavy (non-hydrogen) atoms. The number of nitrogens with zero attached hydrogens (tertiary/aromatic N) is 2. The maximum atomic E-state index is 12.9. The van der Waals surface area contributed by atoms with Crippen LogP contribution in [0.15, 0.2) is 35.3 Å². The zero-order valence-corrected chi connectivity index (χ0v) is 14.7. The SMILES string of the molecule is CCOC(=O)[C@@H]1CCc2ncc(NCCCc3ccc(F)cc3)c(=O)n21. The summed E-state index contributed by atoms with van der Waals surface area (Å²) in [6, 6.07) is 5.80. The Labute approximate surface area is 151 Å². The van der Waals surface area contributed by atoms with Crippen molar-refractivity contribution in [1.82, 2.24) is 9.55 Å². The number of carbonyl (C=O) groups excluding carboxylic acids is 1. The van der Waals surface area contributed by atoms with E-state index in [4.69, 9.17) is 4.74 Å². The first kappa shape index (κ1) is 18.1. The van der Waals surface area contributed by atoms with E-state index < -0.39 is 6.04 Å². The van der Waals surface area contributed by atoms with Crippen molar-refractivity contribution >= 4 is 11.7 Å². The van der Waals surface area contributed by atoms with E-state index in [9.17, 15) is 14.0 Å². The molecule has 0 radical (unpaired) electrons. The van der Waals surface area contributed by atoms with E-state index in [-0.39, 0.29) is 24.0 Å². The first-order valence-corrected chi connectivity index (χ1v) is 8.85. The van der Waals surface area contributed by atoms with Crippen molar-refractivity contribution in [2.24, 2.45) is 0 Å². The molecule has 0 spiro atoms. The lowest BCUT2D eigenvalue weighted by atomic mass is 10.1. The molecule has 0 unspecified atom stereocenters. The highest BCUT2D eigenvalue weighted by Gasteiger charge is 2.32. The Hall–Kier alpha value is -2.70. The van der Waals surface area contributed by atoms with Gasteiger partial charge < -0.3 is 10.1 Å². The van der Waals surface area contributed by atoms with Crippen LogP contribution in [0.2, 0.25) is 0 Å². The predicted octanol–water partition coefficient (Wildman–Crippen LogP) is 2.48. The second kappa shape index (κ2) is 8.12. The van der Waals surface area contributed by atoms with Crippen molar-refractivity contribution in [2.45, 2.75) is 38.6 Å². The molecule has 1 atom stereocenters. The molecule has 1 aromatic carbocycles. The standard InChI is InChI=1S/C19H22FN3O3/c1-2-26-19(25)16-9-10-17-22-12-15(18(24)23(16)17)21-11-3-4-13-5-7-14(20)8-6-13/h5-8,12,16,21H,2-4,9-11H2,1H3/t16-/m0/s1. The molecule has 2 aromatic rings. The number of aryl methyl sites for hydroxylation is 2. The summed E-state index contributed by atoms with van der Waals surface area (Å²) in [7, 11) is 0. The number of anilines is 1. The largest absolute Gasteiger partial charge is 0.464 e. The first-order chi connectivity index (χ1) is 12.6. The molecule has 2 heterocycles. The summed E-state index contributed by atoms with van der Waals surface area (Å²) in [5, 5.41) is 3.09. The number of hydrogen-bond donors (Lipinski definition) is 1. The molecule has 0 saturated heterocycles. The van der Waals surface area contributed by atoms with Crippen LogP contribution in [0.5, 0.6) is 0 Å². The van der Waals surface area contributed by atoms with Crippen LogP contribution in [0.25, 0.3) is 0 Å². The van der Waals surface area contributed by atoms with E-state index in [1.54, 1.807) is 19.1 Å². The second-order valence-corrected chi connectivity index (χ2v) is 6.23. The Bertz CT molecular complexity index is 833. The van der Waals surface area contributed by atoms with Crippen LogP contribution < -0.4 is 10.9 Å². The summed E-state index contributed by atoms with van der Waals surface area (Å²) < 4.78 is 19.4. The number of aromatic nitrogens is 2. The molecular formula is C19H22FN3O3. The van der Waals surface area contributed by atoms with Crippen molar-refractivity contribution in [2.75, 3.05) is 18.5 Å². The third kappa shape index (κ3) is 3.92. The number of halogens is 1. The Morgan fingerprint density at radius 3 is 2.88 bits per heavy atom. The molecule has 0 aliphatic carbocycles. The average molecular weight is 359 g/mol. The third-order valence-electron chi connectivity index (χ3n) is 4.45. The normalized spacial score (nSPS) is 15.5. The van der Waals surface area contributed by atoms with E-state index in [2.05, 4.69) is 10.3 Å². The molecule has 3 rings (SSSR count). The topological polar surface area (TPSA) is 73.2 Å². The summed E-state index contributed by atoms with van der Waals surface area (Å²) >= 11 is 0. The minimum Gasteiger partial charge on any atom is -0.464 e. The molecule has 0 bridgehead atoms. The minimum atomic E-state index is -0.592. The molecule has 1 aromatic heterocycles. The van der Waals surface area contributed by atoms with Crippen LogP contribution in [-0.4, -0.2) is 28.7 Å². The number of fused-ring (bicyclic) bond motifs is 1. The van der Waals surface area contributed by atoms with Crippen LogP contribution in [0.4, 0.5) is 10.1 Å². The summed E-state index contributed by atoms with van der Waals surface area (Å²) in [6.07, 6.45) is 4.21. The molecule has 1 N–H and O–H groups in total. The number of esters is 1. The number of hydrogen-bond acceptors (Lipinski definition) is 5. The Morgan fingerprint density at radius 2 is 2.15 bits per heavy atom. The fourth-order valence-corrected chi connectivity index (χ4v) is 3.15. The smallest absolute Gasteiger partial charge is 0.329 e. The van der Waals surface area contributed by atoms with E-state index in [0.29, 0.717) is 30.9 Å². The molecule has 1 aliphatic heterocycles. The Morgan fingerprint density at radius 1 is 1.38 bits per heavy atom. The van der Waals surface area contributed by atoms with Crippen molar-refractivity contribution in [3.05, 3.63) is 58.0 Å². The van der Waals surface area contributed by atoms with Gasteiger partial charge in [0.15, 0.2) is 0 Å². The van der Waals surface area contributed by atoms with Gasteiger partial charge in [0.05, 0.1) is 12.8 Å². The van der Waals surface area contributed by atoms with E-state index in [0.717, 1.165) is 18.4 Å². The van der Waals surface area contributed by atoms with Crippen LogP contribution in [0.3, 0.4) is 0 Å². The van der Waals surface area contributed by atoms with Gasteiger partial charge in [-0.15, -0.1) is 0 Å². The molecule has 1 aliphatic rings. The summed E-state index contributed by atoms with van der Waals surface area (Å²) in [4.78, 5) is 29.1. The average Bonchev–Trinajstić information content (AvgIpc) is 3.07. The molecule has 0 saturated carbocycles. The zero-order chi connectivity index (χ0) is 18.5. The lowest BCUT2D eigenvalue weighted by molar-refractivity contribution is -0.147. The van der Waals surface area contributed by atoms with E-state index >= 15 is 0 Å². The van der Waals surface area contributed by atoms with Crippen molar-refractivity contribution in [3.63, 3.8) is 0 Å². The maximum absolute atomic E-state index is 12.9. The summed E-state index contributed by atoms with van der Waals surface area (Å²) in [6.45, 7) is 2.61. The van der Waals surface area contributed by atoms with Gasteiger partial charge in [0, 0.05) is 13.0 Å². The quantitative estimate of drug-likeness (QED) is 0.607. The Balaban J connectivity index is 1.62. The number of benzene rings is 1. The fraction of sp³-hybridized carbons (Fsp3) is 0.421. The molecule has 0 amide bonds. The highest BCUT2D eigenvalue weighted by molar-refractivity contribution is 5.75. The van der Waals surface area contributed by atoms with E-state index in [1.165, 1.54) is 22.9 Å². The van der Waals surface area contributed by atoms with Crippen molar-refractivity contribution in [3.8, 4) is 0 Å². The van der Waals surface area contributed by atoms with Gasteiger partial charge in [-0.3, -0.25) is 9.36 Å². The van der Waals surface area contributed by atoms with Gasteiger partial charge in [-0.1, -0.05) is 12.1 Å². The summed E-state index contributed by atoms with van der Waals surface area (Å²) in [5.74, 6) is -0.0196. The predicted molar refractivity (Wildman–Crippen MR) is 95.7 cm³/mol. The zero-order valence-electron chi connectivity index (χ0n) is 14.7. The maximum Gasteiger partial charge on any atom is 0.329 e. The van der Waals surface area contributed by atoms with Crippen LogP contribution in [-0.2, 0) is 22.4 Å². The monoisotopic (exact) mass is 359 g/mol. The first-order valence-electron chi connectivity index (χ1n) is 8.85. The van der Waals surface area contributed by atoms with Gasteiger partial charge in [-0.25, -0.2) is 14.2 Å². The number of nitrogens with one attached hydrogen (secondary N) is 1. The van der Waals surface area contributed by atoms with Gasteiger partial charge in [-0.2, -0.15) is 0 Å².